The van der Waals surface area contributed by atoms with E-state index < -0.39 is 29.7 Å². The van der Waals surface area contributed by atoms with Gasteiger partial charge >= 0.3 is 12.1 Å². The van der Waals surface area contributed by atoms with Crippen molar-refractivity contribution in [3.8, 4) is 22.6 Å². The maximum atomic E-state index is 13.2. The van der Waals surface area contributed by atoms with Gasteiger partial charge in [0.15, 0.2) is 0 Å². The van der Waals surface area contributed by atoms with Gasteiger partial charge in [-0.15, -0.1) is 0 Å². The Morgan fingerprint density at radius 1 is 0.884 bits per heavy atom. The molecule has 4 aromatic carbocycles. The highest BCUT2D eigenvalue weighted by atomic mass is 79.9. The van der Waals surface area contributed by atoms with Crippen LogP contribution in [-0.4, -0.2) is 36.1 Å². The Balaban J connectivity index is 1.46. The smallest absolute Gasteiger partial charge is 0.416 e. The zero-order valence-corrected chi connectivity index (χ0v) is 25.1. The van der Waals surface area contributed by atoms with Gasteiger partial charge in [-0.3, -0.25) is 4.79 Å². The maximum absolute atomic E-state index is 13.2. The Kier molecular flexibility index (Phi) is 10.1. The van der Waals surface area contributed by atoms with Gasteiger partial charge in [0.05, 0.1) is 11.1 Å². The minimum Gasteiger partial charge on any atom is -0.480 e. The third-order valence-corrected chi connectivity index (χ3v) is 7.38. The molecule has 4 aromatic rings. The quantitative estimate of drug-likeness (QED) is 0.170. The maximum Gasteiger partial charge on any atom is 0.416 e. The average Bonchev–Trinajstić information content (AvgIpc) is 2.98. The number of halogens is 4. The van der Waals surface area contributed by atoms with Gasteiger partial charge in [0.2, 0.25) is 0 Å². The molecule has 224 valence electrons. The molecule has 1 unspecified atom stereocenters. The van der Waals surface area contributed by atoms with Crippen molar-refractivity contribution in [3.05, 3.63) is 112 Å². The van der Waals surface area contributed by atoms with Gasteiger partial charge in [-0.05, 0) is 85.1 Å². The van der Waals surface area contributed by atoms with Gasteiger partial charge in [-0.25, -0.2) is 4.79 Å². The summed E-state index contributed by atoms with van der Waals surface area (Å²) in [6.07, 6.45) is -4.35. The van der Waals surface area contributed by atoms with E-state index in [1.165, 1.54) is 12.1 Å². The Labute approximate surface area is 256 Å². The summed E-state index contributed by atoms with van der Waals surface area (Å²) in [7, 11) is 0. The largest absolute Gasteiger partial charge is 0.480 e. The SMILES string of the molecule is CCN(CC)c1ccc(Br)cc1C(=O)NC(Cc1ccc(-c2cccc(Oc3ccc(C(F)(F)F)cc3)c2)cc1)C(=O)O. The fourth-order valence-corrected chi connectivity index (χ4v) is 4.98. The normalized spacial score (nSPS) is 12.0. The first-order valence-electron chi connectivity index (χ1n) is 13.6. The number of rotatable bonds is 11. The first-order valence-corrected chi connectivity index (χ1v) is 14.4. The standard InChI is InChI=1S/C33H30BrF3N2O4/c1-3-39(4-2)30-17-14-25(34)20-28(30)31(40)38-29(32(41)42)18-21-8-10-22(11-9-21)23-6-5-7-27(19-23)43-26-15-12-24(13-16-26)33(35,36)37/h5-17,19-20,29H,3-4,18H2,1-2H3,(H,38,40)(H,41,42). The van der Waals surface area contributed by atoms with E-state index in [1.807, 2.05) is 49.1 Å². The lowest BCUT2D eigenvalue weighted by Crippen LogP contribution is -2.42. The molecule has 0 bridgehead atoms. The van der Waals surface area contributed by atoms with Crippen LogP contribution in [0.15, 0.2) is 95.5 Å². The zero-order chi connectivity index (χ0) is 31.1. The van der Waals surface area contributed by atoms with Gasteiger partial charge in [0.25, 0.3) is 5.91 Å². The van der Waals surface area contributed by atoms with Crippen molar-refractivity contribution in [3.63, 3.8) is 0 Å². The van der Waals surface area contributed by atoms with Crippen LogP contribution >= 0.6 is 15.9 Å². The molecular formula is C33H30BrF3N2O4. The van der Waals surface area contributed by atoms with Crippen LogP contribution in [0.3, 0.4) is 0 Å². The van der Waals surface area contributed by atoms with E-state index in [-0.39, 0.29) is 12.2 Å². The van der Waals surface area contributed by atoms with E-state index in [4.69, 9.17) is 4.74 Å². The van der Waals surface area contributed by atoms with Crippen molar-refractivity contribution >= 4 is 33.5 Å². The number of amides is 1. The summed E-state index contributed by atoms with van der Waals surface area (Å²) in [5.74, 6) is -0.900. The Hall–Kier alpha value is -4.31. The molecule has 10 heteroatoms. The molecule has 0 aliphatic rings. The number of aliphatic carboxylic acids is 1. The topological polar surface area (TPSA) is 78.9 Å². The number of benzene rings is 4. The number of carbonyl (C=O) groups excluding carboxylic acids is 1. The van der Waals surface area contributed by atoms with Gasteiger partial charge in [0, 0.05) is 29.7 Å². The number of carbonyl (C=O) groups is 2. The van der Waals surface area contributed by atoms with E-state index in [0.29, 0.717) is 34.4 Å². The van der Waals surface area contributed by atoms with Gasteiger partial charge in [-0.1, -0.05) is 52.3 Å². The lowest BCUT2D eigenvalue weighted by atomic mass is 10.00. The summed E-state index contributed by atoms with van der Waals surface area (Å²) in [6.45, 7) is 5.35. The Morgan fingerprint density at radius 2 is 1.56 bits per heavy atom. The fourth-order valence-electron chi connectivity index (χ4n) is 4.62. The second-order valence-corrected chi connectivity index (χ2v) is 10.7. The lowest BCUT2D eigenvalue weighted by Gasteiger charge is -2.24. The molecule has 0 saturated carbocycles. The highest BCUT2D eigenvalue weighted by Crippen LogP contribution is 2.32. The molecule has 4 rings (SSSR count). The first kappa shape index (κ1) is 31.6. The van der Waals surface area contributed by atoms with Crippen LogP contribution < -0.4 is 15.0 Å². The molecule has 0 spiro atoms. The Bertz CT molecular complexity index is 1570. The number of hydrogen-bond donors (Lipinski definition) is 2. The number of anilines is 1. The highest BCUT2D eigenvalue weighted by molar-refractivity contribution is 9.10. The Morgan fingerprint density at radius 3 is 2.16 bits per heavy atom. The predicted octanol–water partition coefficient (Wildman–Crippen LogP) is 8.20. The number of nitrogens with zero attached hydrogens (tertiary/aromatic N) is 1. The van der Waals surface area contributed by atoms with E-state index in [1.54, 1.807) is 36.4 Å². The summed E-state index contributed by atoms with van der Waals surface area (Å²) in [5, 5.41) is 12.6. The van der Waals surface area contributed by atoms with Crippen LogP contribution in [0.1, 0.15) is 35.3 Å². The molecule has 0 heterocycles. The fraction of sp³-hybridized carbons (Fsp3) is 0.212. The van der Waals surface area contributed by atoms with Crippen molar-refractivity contribution in [1.29, 1.82) is 0 Å². The molecule has 1 atom stereocenters. The monoisotopic (exact) mass is 654 g/mol. The summed E-state index contributed by atoms with van der Waals surface area (Å²) in [5.41, 5.74) is 2.71. The minimum absolute atomic E-state index is 0.0764. The van der Waals surface area contributed by atoms with Crippen LogP contribution in [-0.2, 0) is 17.4 Å². The molecular weight excluding hydrogens is 625 g/mol. The number of carboxylic acid groups (broad SMARTS) is 1. The number of alkyl halides is 3. The molecule has 0 aromatic heterocycles. The van der Waals surface area contributed by atoms with E-state index in [2.05, 4.69) is 21.2 Å². The molecule has 0 aliphatic heterocycles. The van der Waals surface area contributed by atoms with E-state index in [9.17, 15) is 27.9 Å². The average molecular weight is 656 g/mol. The van der Waals surface area contributed by atoms with Crippen LogP contribution in [0.25, 0.3) is 11.1 Å². The van der Waals surface area contributed by atoms with Crippen molar-refractivity contribution in [2.75, 3.05) is 18.0 Å². The number of hydrogen-bond acceptors (Lipinski definition) is 4. The van der Waals surface area contributed by atoms with Gasteiger partial charge in [-0.2, -0.15) is 13.2 Å². The second kappa shape index (κ2) is 13.8. The minimum atomic E-state index is -4.42. The molecule has 1 amide bonds. The molecule has 0 aliphatic carbocycles. The molecule has 0 radical (unpaired) electrons. The summed E-state index contributed by atoms with van der Waals surface area (Å²) < 4.78 is 45.0. The zero-order valence-electron chi connectivity index (χ0n) is 23.5. The molecule has 2 N–H and O–H groups in total. The van der Waals surface area contributed by atoms with Crippen molar-refractivity contribution in [2.45, 2.75) is 32.5 Å². The molecule has 0 saturated heterocycles. The summed E-state index contributed by atoms with van der Waals surface area (Å²) in [6, 6.07) is 23.0. The van der Waals surface area contributed by atoms with E-state index in [0.717, 1.165) is 28.9 Å². The van der Waals surface area contributed by atoms with Crippen molar-refractivity contribution in [1.82, 2.24) is 5.32 Å². The number of carboxylic acids is 1. The molecule has 0 fully saturated rings. The third-order valence-electron chi connectivity index (χ3n) is 6.89. The van der Waals surface area contributed by atoms with Crippen LogP contribution in [0.4, 0.5) is 18.9 Å². The van der Waals surface area contributed by atoms with Gasteiger partial charge < -0.3 is 20.1 Å². The van der Waals surface area contributed by atoms with Crippen LogP contribution in [0.2, 0.25) is 0 Å². The lowest BCUT2D eigenvalue weighted by molar-refractivity contribution is -0.139. The van der Waals surface area contributed by atoms with Crippen molar-refractivity contribution < 1.29 is 32.6 Å². The van der Waals surface area contributed by atoms with Gasteiger partial charge in [0.1, 0.15) is 17.5 Å². The number of nitrogens with one attached hydrogen (secondary N) is 1. The molecule has 43 heavy (non-hydrogen) atoms. The van der Waals surface area contributed by atoms with Crippen LogP contribution in [0.5, 0.6) is 11.5 Å². The highest BCUT2D eigenvalue weighted by Gasteiger charge is 2.30. The van der Waals surface area contributed by atoms with Crippen molar-refractivity contribution in [2.24, 2.45) is 0 Å². The second-order valence-electron chi connectivity index (χ2n) is 9.75. The predicted molar refractivity (Wildman–Crippen MR) is 164 cm³/mol. The first-order chi connectivity index (χ1) is 20.5. The number of ether oxygens (including phenoxy) is 1. The van der Waals surface area contributed by atoms with E-state index >= 15 is 0 Å². The molecule has 6 nitrogen and oxygen atoms in total. The third kappa shape index (κ3) is 8.16. The summed E-state index contributed by atoms with van der Waals surface area (Å²) >= 11 is 3.40. The van der Waals surface area contributed by atoms with Crippen LogP contribution in [0, 0.1) is 0 Å². The summed E-state index contributed by atoms with van der Waals surface area (Å²) in [4.78, 5) is 27.4.